The lowest BCUT2D eigenvalue weighted by Crippen LogP contribution is -2.46. The number of carboxylic acids is 1. The van der Waals surface area contributed by atoms with Crippen LogP contribution in [0.5, 0.6) is 0 Å². The van der Waals surface area contributed by atoms with Crippen LogP contribution in [0.1, 0.15) is 31.4 Å². The summed E-state index contributed by atoms with van der Waals surface area (Å²) in [5.74, 6) is -1.19. The largest absolute Gasteiger partial charge is 0.480 e. The van der Waals surface area contributed by atoms with E-state index in [0.29, 0.717) is 13.2 Å². The molecule has 6 nitrogen and oxygen atoms in total. The first-order chi connectivity index (χ1) is 11.0. The maximum absolute atomic E-state index is 11.8. The van der Waals surface area contributed by atoms with Crippen molar-refractivity contribution in [1.82, 2.24) is 10.6 Å². The van der Waals surface area contributed by atoms with Gasteiger partial charge < -0.3 is 15.2 Å². The molecule has 0 radical (unpaired) electrons. The maximum atomic E-state index is 11.8. The van der Waals surface area contributed by atoms with Gasteiger partial charge in [0.1, 0.15) is 6.04 Å². The van der Waals surface area contributed by atoms with Crippen LogP contribution in [0.25, 0.3) is 0 Å². The highest BCUT2D eigenvalue weighted by molar-refractivity contribution is 5.80. The van der Waals surface area contributed by atoms with Crippen molar-refractivity contribution >= 4 is 11.9 Å². The zero-order valence-electron chi connectivity index (χ0n) is 14.0. The lowest BCUT2D eigenvalue weighted by molar-refractivity contribution is -0.140. The van der Waals surface area contributed by atoms with Crippen LogP contribution in [0.4, 0.5) is 0 Å². The van der Waals surface area contributed by atoms with Crippen molar-refractivity contribution in [1.29, 1.82) is 0 Å². The Morgan fingerprint density at radius 2 is 1.83 bits per heavy atom. The van der Waals surface area contributed by atoms with Crippen LogP contribution in [0, 0.1) is 5.92 Å². The summed E-state index contributed by atoms with van der Waals surface area (Å²) in [5.41, 5.74) is 2.05. The molecule has 1 aromatic rings. The number of methoxy groups -OCH3 is 1. The van der Waals surface area contributed by atoms with Crippen molar-refractivity contribution in [2.24, 2.45) is 5.92 Å². The molecule has 0 saturated carbocycles. The molecule has 0 heterocycles. The standard InChI is InChI=1S/C17H26N2O4/c1-4-12(2)16(17(21)22)19-10-15(20)18-9-13-5-7-14(8-6-13)11-23-3/h5-8,12,16,19H,4,9-11H2,1-3H3,(H,18,20)(H,21,22)/t12-,16-/m0/s1. The van der Waals surface area contributed by atoms with Gasteiger partial charge in [0, 0.05) is 13.7 Å². The highest BCUT2D eigenvalue weighted by Gasteiger charge is 2.23. The number of hydrogen-bond acceptors (Lipinski definition) is 4. The average molecular weight is 322 g/mol. The number of carboxylic acid groups (broad SMARTS) is 1. The van der Waals surface area contributed by atoms with E-state index in [1.807, 2.05) is 38.1 Å². The van der Waals surface area contributed by atoms with Gasteiger partial charge in [0.05, 0.1) is 13.2 Å². The molecule has 3 N–H and O–H groups in total. The second-order valence-corrected chi connectivity index (χ2v) is 5.61. The summed E-state index contributed by atoms with van der Waals surface area (Å²) in [6.45, 7) is 4.74. The Morgan fingerprint density at radius 3 is 2.35 bits per heavy atom. The molecule has 0 aliphatic rings. The van der Waals surface area contributed by atoms with E-state index in [2.05, 4.69) is 10.6 Å². The highest BCUT2D eigenvalue weighted by atomic mass is 16.5. The number of aliphatic carboxylic acids is 1. The zero-order valence-corrected chi connectivity index (χ0v) is 14.0. The number of benzene rings is 1. The monoisotopic (exact) mass is 322 g/mol. The molecular formula is C17H26N2O4. The van der Waals surface area contributed by atoms with Gasteiger partial charge in [-0.25, -0.2) is 0 Å². The summed E-state index contributed by atoms with van der Waals surface area (Å²) in [4.78, 5) is 23.0. The van der Waals surface area contributed by atoms with E-state index in [0.717, 1.165) is 17.5 Å². The highest BCUT2D eigenvalue weighted by Crippen LogP contribution is 2.08. The molecule has 0 bridgehead atoms. The van der Waals surface area contributed by atoms with E-state index < -0.39 is 12.0 Å². The van der Waals surface area contributed by atoms with E-state index in [-0.39, 0.29) is 18.4 Å². The lowest BCUT2D eigenvalue weighted by atomic mass is 9.99. The van der Waals surface area contributed by atoms with Crippen LogP contribution >= 0.6 is 0 Å². The first-order valence-electron chi connectivity index (χ1n) is 7.77. The molecule has 0 unspecified atom stereocenters. The van der Waals surface area contributed by atoms with Gasteiger partial charge in [0.15, 0.2) is 0 Å². The second kappa shape index (κ2) is 9.97. The van der Waals surface area contributed by atoms with Crippen LogP contribution in [-0.2, 0) is 27.5 Å². The molecule has 0 aromatic heterocycles. The number of amides is 1. The summed E-state index contributed by atoms with van der Waals surface area (Å²) < 4.78 is 5.04. The minimum absolute atomic E-state index is 0.0108. The van der Waals surface area contributed by atoms with Crippen LogP contribution in [-0.4, -0.2) is 36.7 Å². The SMILES string of the molecule is CC[C@H](C)[C@H](NCC(=O)NCc1ccc(COC)cc1)C(=O)O. The van der Waals surface area contributed by atoms with Gasteiger partial charge in [0.2, 0.25) is 5.91 Å². The Morgan fingerprint density at radius 1 is 1.22 bits per heavy atom. The van der Waals surface area contributed by atoms with Gasteiger partial charge in [-0.3, -0.25) is 14.9 Å². The Labute approximate surface area is 137 Å². The summed E-state index contributed by atoms with van der Waals surface area (Å²) in [5, 5.41) is 14.7. The van der Waals surface area contributed by atoms with Crippen LogP contribution < -0.4 is 10.6 Å². The summed E-state index contributed by atoms with van der Waals surface area (Å²) >= 11 is 0. The van der Waals surface area contributed by atoms with Gasteiger partial charge in [-0.15, -0.1) is 0 Å². The van der Waals surface area contributed by atoms with E-state index in [9.17, 15) is 9.59 Å². The van der Waals surface area contributed by atoms with Gasteiger partial charge in [-0.1, -0.05) is 44.5 Å². The predicted octanol–water partition coefficient (Wildman–Crippen LogP) is 1.54. The van der Waals surface area contributed by atoms with Crippen LogP contribution in [0.3, 0.4) is 0 Å². The Balaban J connectivity index is 2.40. The quantitative estimate of drug-likeness (QED) is 0.608. The molecule has 0 fully saturated rings. The van der Waals surface area contributed by atoms with Gasteiger partial charge in [-0.2, -0.15) is 0 Å². The van der Waals surface area contributed by atoms with Crippen molar-refractivity contribution < 1.29 is 19.4 Å². The fourth-order valence-electron chi connectivity index (χ4n) is 2.15. The predicted molar refractivity (Wildman–Crippen MR) is 87.9 cm³/mol. The molecule has 0 spiro atoms. The van der Waals surface area contributed by atoms with Crippen molar-refractivity contribution in [3.8, 4) is 0 Å². The maximum Gasteiger partial charge on any atom is 0.320 e. The number of carbonyl (C=O) groups excluding carboxylic acids is 1. The fraction of sp³-hybridized carbons (Fsp3) is 0.529. The van der Waals surface area contributed by atoms with Crippen molar-refractivity contribution in [3.05, 3.63) is 35.4 Å². The topological polar surface area (TPSA) is 87.7 Å². The third kappa shape index (κ3) is 6.80. The van der Waals surface area contributed by atoms with E-state index in [1.165, 1.54) is 0 Å². The normalized spacial score (nSPS) is 13.3. The third-order valence-electron chi connectivity index (χ3n) is 3.79. The molecule has 0 saturated heterocycles. The molecule has 1 amide bonds. The van der Waals surface area contributed by atoms with Crippen LogP contribution in [0.15, 0.2) is 24.3 Å². The van der Waals surface area contributed by atoms with Crippen molar-refractivity contribution in [2.75, 3.05) is 13.7 Å². The molecule has 2 atom stereocenters. The molecule has 128 valence electrons. The molecule has 0 aliphatic heterocycles. The summed E-state index contributed by atoms with van der Waals surface area (Å²) in [7, 11) is 1.64. The second-order valence-electron chi connectivity index (χ2n) is 5.61. The van der Waals surface area contributed by atoms with Crippen molar-refractivity contribution in [2.45, 2.75) is 39.5 Å². The lowest BCUT2D eigenvalue weighted by Gasteiger charge is -2.19. The minimum atomic E-state index is -0.930. The fourth-order valence-corrected chi connectivity index (χ4v) is 2.15. The third-order valence-corrected chi connectivity index (χ3v) is 3.79. The Kier molecular flexibility index (Phi) is 8.29. The zero-order chi connectivity index (χ0) is 17.2. The number of nitrogens with one attached hydrogen (secondary N) is 2. The summed E-state index contributed by atoms with van der Waals surface area (Å²) in [6, 6.07) is 7.06. The van der Waals surface area contributed by atoms with Gasteiger partial charge >= 0.3 is 5.97 Å². The van der Waals surface area contributed by atoms with E-state index in [4.69, 9.17) is 9.84 Å². The molecule has 6 heteroatoms. The molecular weight excluding hydrogens is 296 g/mol. The van der Waals surface area contributed by atoms with E-state index >= 15 is 0 Å². The first kappa shape index (κ1) is 19.1. The van der Waals surface area contributed by atoms with Crippen LogP contribution in [0.2, 0.25) is 0 Å². The first-order valence-corrected chi connectivity index (χ1v) is 7.77. The number of rotatable bonds is 10. The average Bonchev–Trinajstić information content (AvgIpc) is 2.54. The Bertz CT molecular complexity index is 502. The molecule has 23 heavy (non-hydrogen) atoms. The number of hydrogen-bond donors (Lipinski definition) is 3. The molecule has 0 aliphatic carbocycles. The van der Waals surface area contributed by atoms with E-state index in [1.54, 1.807) is 7.11 Å². The minimum Gasteiger partial charge on any atom is -0.480 e. The van der Waals surface area contributed by atoms with Crippen molar-refractivity contribution in [3.63, 3.8) is 0 Å². The molecule has 1 rings (SSSR count). The number of carbonyl (C=O) groups is 2. The Hall–Kier alpha value is -1.92. The summed E-state index contributed by atoms with van der Waals surface area (Å²) in [6.07, 6.45) is 0.736. The van der Waals surface area contributed by atoms with Gasteiger partial charge in [-0.05, 0) is 17.0 Å². The number of ether oxygens (including phenoxy) is 1. The molecule has 1 aromatic carbocycles. The van der Waals surface area contributed by atoms with Gasteiger partial charge in [0.25, 0.3) is 0 Å². The smallest absolute Gasteiger partial charge is 0.320 e.